The van der Waals surface area contributed by atoms with Crippen LogP contribution in [0.4, 0.5) is 0 Å². The molecule has 7 heteroatoms. The number of aliphatic imine (C=N–C) groups is 1. The van der Waals surface area contributed by atoms with Crippen LogP contribution in [0.2, 0.25) is 0 Å². The van der Waals surface area contributed by atoms with Crippen LogP contribution in [0, 0.1) is 0 Å². The second kappa shape index (κ2) is 7.08. The SMILES string of the molecule is CNC(=O)C1CN(C)C(CCCN=C(C)N)C(=O)N1. The van der Waals surface area contributed by atoms with Crippen molar-refractivity contribution < 1.29 is 9.59 Å². The van der Waals surface area contributed by atoms with Crippen molar-refractivity contribution in [1.29, 1.82) is 0 Å². The Labute approximate surface area is 113 Å². The summed E-state index contributed by atoms with van der Waals surface area (Å²) in [7, 11) is 3.42. The van der Waals surface area contributed by atoms with E-state index in [0.29, 0.717) is 25.3 Å². The first kappa shape index (κ1) is 15.4. The van der Waals surface area contributed by atoms with Crippen molar-refractivity contribution in [3.05, 3.63) is 0 Å². The van der Waals surface area contributed by atoms with Gasteiger partial charge in [-0.2, -0.15) is 0 Å². The number of rotatable bonds is 5. The van der Waals surface area contributed by atoms with Gasteiger partial charge in [0.15, 0.2) is 0 Å². The lowest BCUT2D eigenvalue weighted by Crippen LogP contribution is -2.62. The van der Waals surface area contributed by atoms with E-state index < -0.39 is 6.04 Å². The third-order valence-corrected chi connectivity index (χ3v) is 3.18. The van der Waals surface area contributed by atoms with Crippen LogP contribution < -0.4 is 16.4 Å². The lowest BCUT2D eigenvalue weighted by Gasteiger charge is -2.36. The molecule has 0 saturated carbocycles. The maximum atomic E-state index is 12.0. The number of hydrogen-bond acceptors (Lipinski definition) is 4. The van der Waals surface area contributed by atoms with Gasteiger partial charge in [-0.05, 0) is 26.8 Å². The lowest BCUT2D eigenvalue weighted by atomic mass is 10.0. The van der Waals surface area contributed by atoms with Gasteiger partial charge in [-0.25, -0.2) is 0 Å². The van der Waals surface area contributed by atoms with Gasteiger partial charge >= 0.3 is 0 Å². The summed E-state index contributed by atoms with van der Waals surface area (Å²) in [4.78, 5) is 29.5. The zero-order chi connectivity index (χ0) is 14.4. The van der Waals surface area contributed by atoms with Crippen LogP contribution in [0.5, 0.6) is 0 Å². The second-order valence-electron chi connectivity index (χ2n) is 4.80. The number of nitrogens with zero attached hydrogens (tertiary/aromatic N) is 2. The Morgan fingerprint density at radius 3 is 2.84 bits per heavy atom. The fourth-order valence-corrected chi connectivity index (χ4v) is 2.14. The number of nitrogens with two attached hydrogens (primary N) is 1. The number of carbonyl (C=O) groups excluding carboxylic acids is 2. The molecule has 1 fully saturated rings. The summed E-state index contributed by atoms with van der Waals surface area (Å²) in [5, 5.41) is 5.29. The average Bonchev–Trinajstić information content (AvgIpc) is 2.35. The monoisotopic (exact) mass is 269 g/mol. The van der Waals surface area contributed by atoms with Crippen LogP contribution in [0.25, 0.3) is 0 Å². The summed E-state index contributed by atoms with van der Waals surface area (Å²) in [6, 6.07) is -0.669. The highest BCUT2D eigenvalue weighted by molar-refractivity contribution is 5.91. The molecule has 0 bridgehead atoms. The van der Waals surface area contributed by atoms with Gasteiger partial charge in [0.25, 0.3) is 0 Å². The molecule has 2 amide bonds. The third kappa shape index (κ3) is 4.51. The molecule has 0 radical (unpaired) electrons. The van der Waals surface area contributed by atoms with Gasteiger partial charge in [0.05, 0.1) is 11.9 Å². The standard InChI is InChI=1S/C12H23N5O2/c1-8(13)15-6-4-5-10-12(19)16-9(7-17(10)3)11(18)14-2/h9-10H,4-7H2,1-3H3,(H2,13,15)(H,14,18)(H,16,19). The Morgan fingerprint density at radius 1 is 1.63 bits per heavy atom. The average molecular weight is 269 g/mol. The molecule has 1 aliphatic heterocycles. The van der Waals surface area contributed by atoms with Gasteiger partial charge in [-0.15, -0.1) is 0 Å². The second-order valence-corrected chi connectivity index (χ2v) is 4.80. The molecule has 1 saturated heterocycles. The summed E-state index contributed by atoms with van der Waals surface area (Å²) >= 11 is 0. The molecule has 0 aliphatic carbocycles. The Kier molecular flexibility index (Phi) is 5.75. The predicted octanol–water partition coefficient (Wildman–Crippen LogP) is -1.31. The molecule has 1 heterocycles. The largest absolute Gasteiger partial charge is 0.388 e. The quantitative estimate of drug-likeness (QED) is 0.328. The first-order valence-corrected chi connectivity index (χ1v) is 6.44. The number of amidine groups is 1. The van der Waals surface area contributed by atoms with Crippen LogP contribution in [-0.2, 0) is 9.59 Å². The Bertz CT molecular complexity index is 365. The predicted molar refractivity (Wildman–Crippen MR) is 73.8 cm³/mol. The number of carbonyl (C=O) groups is 2. The van der Waals surface area contributed by atoms with Crippen molar-refractivity contribution in [1.82, 2.24) is 15.5 Å². The van der Waals surface area contributed by atoms with Crippen LogP contribution in [-0.4, -0.2) is 61.8 Å². The Balaban J connectivity index is 2.47. The molecule has 108 valence electrons. The van der Waals surface area contributed by atoms with Crippen molar-refractivity contribution in [2.45, 2.75) is 31.8 Å². The van der Waals surface area contributed by atoms with Crippen molar-refractivity contribution in [2.75, 3.05) is 27.2 Å². The topological polar surface area (TPSA) is 99.8 Å². The van der Waals surface area contributed by atoms with Crippen LogP contribution in [0.3, 0.4) is 0 Å². The smallest absolute Gasteiger partial charge is 0.243 e. The highest BCUT2D eigenvalue weighted by Crippen LogP contribution is 2.11. The molecule has 19 heavy (non-hydrogen) atoms. The molecule has 0 aromatic rings. The first-order valence-electron chi connectivity index (χ1n) is 6.44. The van der Waals surface area contributed by atoms with Gasteiger partial charge in [0.1, 0.15) is 6.04 Å². The molecular weight excluding hydrogens is 246 g/mol. The van der Waals surface area contributed by atoms with E-state index in [4.69, 9.17) is 5.73 Å². The zero-order valence-corrected chi connectivity index (χ0v) is 11.8. The zero-order valence-electron chi connectivity index (χ0n) is 11.8. The van der Waals surface area contributed by atoms with Crippen molar-refractivity contribution >= 4 is 17.6 Å². The number of piperazine rings is 1. The Morgan fingerprint density at radius 2 is 2.32 bits per heavy atom. The van der Waals surface area contributed by atoms with Crippen molar-refractivity contribution in [3.8, 4) is 0 Å². The molecule has 7 nitrogen and oxygen atoms in total. The fraction of sp³-hybridized carbons (Fsp3) is 0.750. The van der Waals surface area contributed by atoms with E-state index in [-0.39, 0.29) is 17.9 Å². The summed E-state index contributed by atoms with van der Waals surface area (Å²) in [6.45, 7) is 2.89. The first-order chi connectivity index (χ1) is 8.95. The Hall–Kier alpha value is -1.63. The fourth-order valence-electron chi connectivity index (χ4n) is 2.14. The minimum atomic E-state index is -0.469. The van der Waals surface area contributed by atoms with Gasteiger partial charge in [0.2, 0.25) is 11.8 Å². The summed E-state index contributed by atoms with van der Waals surface area (Å²) in [5.74, 6) is 0.291. The molecule has 2 unspecified atom stereocenters. The maximum absolute atomic E-state index is 12.0. The summed E-state index contributed by atoms with van der Waals surface area (Å²) in [5.41, 5.74) is 5.45. The molecule has 1 aliphatic rings. The molecule has 2 atom stereocenters. The van der Waals surface area contributed by atoms with Gasteiger partial charge in [-0.3, -0.25) is 19.5 Å². The van der Waals surface area contributed by atoms with Gasteiger partial charge in [-0.1, -0.05) is 0 Å². The van der Waals surface area contributed by atoms with E-state index in [1.165, 1.54) is 0 Å². The minimum Gasteiger partial charge on any atom is -0.388 e. The molecule has 4 N–H and O–H groups in total. The number of likely N-dealkylation sites (N-methyl/N-ethyl adjacent to an activating group) is 2. The van der Waals surface area contributed by atoms with E-state index in [9.17, 15) is 9.59 Å². The lowest BCUT2D eigenvalue weighted by molar-refractivity contribution is -0.136. The van der Waals surface area contributed by atoms with Crippen LogP contribution >= 0.6 is 0 Å². The van der Waals surface area contributed by atoms with Gasteiger partial charge in [0, 0.05) is 20.1 Å². The van der Waals surface area contributed by atoms with E-state index in [1.54, 1.807) is 14.0 Å². The van der Waals surface area contributed by atoms with Crippen LogP contribution in [0.1, 0.15) is 19.8 Å². The van der Waals surface area contributed by atoms with E-state index in [1.807, 2.05) is 11.9 Å². The maximum Gasteiger partial charge on any atom is 0.243 e. The van der Waals surface area contributed by atoms with E-state index in [2.05, 4.69) is 15.6 Å². The van der Waals surface area contributed by atoms with E-state index >= 15 is 0 Å². The number of hydrogen-bond donors (Lipinski definition) is 3. The molecular formula is C12H23N5O2. The number of nitrogens with one attached hydrogen (secondary N) is 2. The molecule has 0 aromatic heterocycles. The molecule has 0 aromatic carbocycles. The summed E-state index contributed by atoms with van der Waals surface area (Å²) < 4.78 is 0. The number of amides is 2. The summed E-state index contributed by atoms with van der Waals surface area (Å²) in [6.07, 6.45) is 1.50. The normalized spacial score (nSPS) is 25.0. The van der Waals surface area contributed by atoms with Gasteiger partial charge < -0.3 is 16.4 Å². The molecule has 1 rings (SSSR count). The van der Waals surface area contributed by atoms with Crippen molar-refractivity contribution in [2.24, 2.45) is 10.7 Å². The highest BCUT2D eigenvalue weighted by Gasteiger charge is 2.34. The third-order valence-electron chi connectivity index (χ3n) is 3.18. The van der Waals surface area contributed by atoms with Crippen molar-refractivity contribution in [3.63, 3.8) is 0 Å². The molecule has 0 spiro atoms. The minimum absolute atomic E-state index is 0.101. The van der Waals surface area contributed by atoms with E-state index in [0.717, 1.165) is 6.42 Å². The highest BCUT2D eigenvalue weighted by atomic mass is 16.2. The van der Waals surface area contributed by atoms with Crippen LogP contribution in [0.15, 0.2) is 4.99 Å².